The highest BCUT2D eigenvalue weighted by Gasteiger charge is 2.43. The van der Waals surface area contributed by atoms with Gasteiger partial charge in [0, 0.05) is 18.4 Å². The molecule has 0 saturated heterocycles. The Balaban J connectivity index is 1.19. The first-order valence-electron chi connectivity index (χ1n) is 11.6. The van der Waals surface area contributed by atoms with Crippen LogP contribution in [0.2, 0.25) is 0 Å². The van der Waals surface area contributed by atoms with Gasteiger partial charge in [0.1, 0.15) is 10.8 Å². The zero-order valence-electron chi connectivity index (χ0n) is 18.5. The topological polar surface area (TPSA) is 85.6 Å². The fraction of sp³-hybridized carbons (Fsp3) is 0.458. The number of allylic oxidation sites excluding steroid dienone is 1. The van der Waals surface area contributed by atoms with Crippen LogP contribution in [0.4, 0.5) is 5.13 Å². The number of hydrogen-bond donors (Lipinski definition) is 1. The van der Waals surface area contributed by atoms with Crippen molar-refractivity contribution in [3.05, 3.63) is 59.4 Å². The Hall–Kier alpha value is -2.52. The lowest BCUT2D eigenvalue weighted by molar-refractivity contribution is -0.113. The van der Waals surface area contributed by atoms with Crippen molar-refractivity contribution in [1.29, 1.82) is 0 Å². The number of benzene rings is 1. The summed E-state index contributed by atoms with van der Waals surface area (Å²) in [7, 11) is 0. The molecule has 0 aliphatic heterocycles. The predicted molar refractivity (Wildman–Crippen MR) is 132 cm³/mol. The summed E-state index contributed by atoms with van der Waals surface area (Å²) in [5.41, 5.74) is 1.34. The Labute approximate surface area is 202 Å². The molecule has 0 radical (unpaired) electrons. The molecule has 2 unspecified atom stereocenters. The Bertz CT molecular complexity index is 1110. The molecule has 9 heteroatoms. The molecule has 2 saturated carbocycles. The van der Waals surface area contributed by atoms with Crippen LogP contribution in [0.3, 0.4) is 0 Å². The van der Waals surface area contributed by atoms with Crippen molar-refractivity contribution < 1.29 is 4.79 Å². The Kier molecular flexibility index (Phi) is 6.87. The number of anilines is 1. The lowest BCUT2D eigenvalue weighted by Crippen LogP contribution is -2.14. The van der Waals surface area contributed by atoms with Crippen molar-refractivity contribution in [1.82, 2.24) is 25.0 Å². The van der Waals surface area contributed by atoms with Crippen LogP contribution in [0.5, 0.6) is 0 Å². The van der Waals surface area contributed by atoms with Gasteiger partial charge in [0.2, 0.25) is 11.0 Å². The van der Waals surface area contributed by atoms with E-state index < -0.39 is 0 Å². The molecule has 2 aromatic heterocycles. The quantitative estimate of drug-likeness (QED) is 0.328. The molecule has 2 heterocycles. The van der Waals surface area contributed by atoms with Crippen molar-refractivity contribution in [2.75, 3.05) is 11.1 Å². The van der Waals surface area contributed by atoms with Crippen LogP contribution in [-0.2, 0) is 11.3 Å². The van der Waals surface area contributed by atoms with E-state index in [2.05, 4.69) is 61.1 Å². The van der Waals surface area contributed by atoms with E-state index >= 15 is 0 Å². The lowest BCUT2D eigenvalue weighted by atomic mass is 9.90. The van der Waals surface area contributed by atoms with Crippen LogP contribution in [-0.4, -0.2) is 36.6 Å². The second kappa shape index (κ2) is 10.2. The molecule has 0 bridgehead atoms. The summed E-state index contributed by atoms with van der Waals surface area (Å²) < 4.78 is 2.09. The van der Waals surface area contributed by atoms with Gasteiger partial charge >= 0.3 is 0 Å². The molecular formula is C24H28N6OS2. The molecule has 1 amide bonds. The van der Waals surface area contributed by atoms with Gasteiger partial charge in [-0.15, -0.1) is 27.0 Å². The van der Waals surface area contributed by atoms with E-state index in [1.165, 1.54) is 60.8 Å². The van der Waals surface area contributed by atoms with Crippen LogP contribution < -0.4 is 5.32 Å². The monoisotopic (exact) mass is 480 g/mol. The maximum atomic E-state index is 12.6. The highest BCUT2D eigenvalue weighted by atomic mass is 32.2. The van der Waals surface area contributed by atoms with Gasteiger partial charge < -0.3 is 4.57 Å². The van der Waals surface area contributed by atoms with E-state index in [1.54, 1.807) is 0 Å². The molecule has 33 heavy (non-hydrogen) atoms. The number of hydrogen-bond acceptors (Lipinski definition) is 7. The number of amides is 1. The van der Waals surface area contributed by atoms with E-state index in [0.717, 1.165) is 22.4 Å². The number of nitrogens with zero attached hydrogens (tertiary/aromatic N) is 5. The fourth-order valence-electron chi connectivity index (χ4n) is 4.62. The highest BCUT2D eigenvalue weighted by molar-refractivity contribution is 7.99. The van der Waals surface area contributed by atoms with Crippen molar-refractivity contribution in [3.63, 3.8) is 0 Å². The summed E-state index contributed by atoms with van der Waals surface area (Å²) in [6, 6.07) is 10.5. The fourth-order valence-corrected chi connectivity index (χ4v) is 6.30. The number of thioether (sulfide) groups is 1. The zero-order valence-corrected chi connectivity index (χ0v) is 20.2. The van der Waals surface area contributed by atoms with Crippen molar-refractivity contribution >= 4 is 34.1 Å². The maximum absolute atomic E-state index is 12.6. The summed E-state index contributed by atoms with van der Waals surface area (Å²) >= 11 is 2.90. The molecule has 172 valence electrons. The van der Waals surface area contributed by atoms with Crippen LogP contribution >= 0.6 is 23.1 Å². The molecule has 0 spiro atoms. The van der Waals surface area contributed by atoms with Crippen LogP contribution in [0.25, 0.3) is 0 Å². The summed E-state index contributed by atoms with van der Waals surface area (Å²) in [5.74, 6) is 2.47. The number of carbonyl (C=O) groups excluding carboxylic acids is 1. The van der Waals surface area contributed by atoms with Gasteiger partial charge in [-0.05, 0) is 30.7 Å². The third-order valence-electron chi connectivity index (χ3n) is 6.38. The van der Waals surface area contributed by atoms with Gasteiger partial charge in [-0.2, -0.15) is 0 Å². The number of rotatable bonds is 9. The molecule has 2 aliphatic carbocycles. The normalized spacial score (nSPS) is 20.5. The van der Waals surface area contributed by atoms with Crippen molar-refractivity contribution in [2.24, 2.45) is 0 Å². The minimum Gasteiger partial charge on any atom is -0.302 e. The zero-order chi connectivity index (χ0) is 22.6. The largest absolute Gasteiger partial charge is 0.302 e. The second-order valence-corrected chi connectivity index (χ2v) is 10.7. The SMILES string of the molecule is C=CCn1c(SCC(=O)Nc2nnc(C3CCCCC3)s2)nnc1C1CC1c1ccccc1. The Morgan fingerprint density at radius 1 is 1.12 bits per heavy atom. The van der Waals surface area contributed by atoms with Crippen molar-refractivity contribution in [3.8, 4) is 0 Å². The molecule has 7 nitrogen and oxygen atoms in total. The second-order valence-electron chi connectivity index (χ2n) is 8.72. The number of nitrogens with one attached hydrogen (secondary N) is 1. The van der Waals surface area contributed by atoms with Gasteiger partial charge in [0.15, 0.2) is 5.16 Å². The standard InChI is InChI=1S/C24H28N6OS2/c1-2-13-30-21(19-14-18(19)16-9-5-3-6-10-16)26-29-24(30)32-15-20(31)25-23-28-27-22(33-23)17-11-7-4-8-12-17/h2-3,5-6,9-10,17-19H,1,4,7-8,11-15H2,(H,25,28,31). The maximum Gasteiger partial charge on any atom is 0.236 e. The van der Waals surface area contributed by atoms with Gasteiger partial charge in [-0.3, -0.25) is 10.1 Å². The van der Waals surface area contributed by atoms with Gasteiger partial charge in [-0.25, -0.2) is 0 Å². The Morgan fingerprint density at radius 3 is 2.73 bits per heavy atom. The summed E-state index contributed by atoms with van der Waals surface area (Å²) in [4.78, 5) is 12.6. The minimum atomic E-state index is -0.102. The van der Waals surface area contributed by atoms with Crippen LogP contribution in [0.15, 0.2) is 48.1 Å². The predicted octanol–water partition coefficient (Wildman–Crippen LogP) is 5.37. The lowest BCUT2D eigenvalue weighted by Gasteiger charge is -2.18. The van der Waals surface area contributed by atoms with E-state index in [9.17, 15) is 4.79 Å². The van der Waals surface area contributed by atoms with E-state index in [4.69, 9.17) is 0 Å². The molecular weight excluding hydrogens is 452 g/mol. The molecule has 2 fully saturated rings. The highest BCUT2D eigenvalue weighted by Crippen LogP contribution is 2.54. The number of aromatic nitrogens is 5. The minimum absolute atomic E-state index is 0.102. The molecule has 2 atom stereocenters. The number of carbonyl (C=O) groups is 1. The van der Waals surface area contributed by atoms with Gasteiger partial charge in [0.05, 0.1) is 5.75 Å². The Morgan fingerprint density at radius 2 is 1.94 bits per heavy atom. The molecule has 1 N–H and O–H groups in total. The first kappa shape index (κ1) is 22.3. The van der Waals surface area contributed by atoms with Crippen LogP contribution in [0, 0.1) is 0 Å². The van der Waals surface area contributed by atoms with E-state index in [1.807, 2.05) is 12.1 Å². The summed E-state index contributed by atoms with van der Waals surface area (Å²) in [6.07, 6.45) is 9.08. The van der Waals surface area contributed by atoms with Gasteiger partial charge in [0.25, 0.3) is 0 Å². The third-order valence-corrected chi connectivity index (χ3v) is 8.35. The van der Waals surface area contributed by atoms with E-state index in [0.29, 0.717) is 29.4 Å². The van der Waals surface area contributed by atoms with Crippen molar-refractivity contribution in [2.45, 2.75) is 68.0 Å². The molecule has 2 aliphatic rings. The third kappa shape index (κ3) is 5.19. The van der Waals surface area contributed by atoms with E-state index in [-0.39, 0.29) is 11.7 Å². The molecule has 5 rings (SSSR count). The molecule has 1 aromatic carbocycles. The van der Waals surface area contributed by atoms with Crippen LogP contribution in [0.1, 0.15) is 72.7 Å². The first-order chi connectivity index (χ1) is 16.2. The summed E-state index contributed by atoms with van der Waals surface area (Å²) in [6.45, 7) is 4.52. The average molecular weight is 481 g/mol. The smallest absolute Gasteiger partial charge is 0.236 e. The van der Waals surface area contributed by atoms with Gasteiger partial charge in [-0.1, -0.05) is 78.8 Å². The summed E-state index contributed by atoms with van der Waals surface area (Å²) in [5, 5.41) is 22.7. The first-order valence-corrected chi connectivity index (χ1v) is 13.4. The molecule has 3 aromatic rings. The average Bonchev–Trinajstić information content (AvgIpc) is 3.33.